The first-order chi connectivity index (χ1) is 8.96. The molecule has 1 aliphatic heterocycles. The molecule has 0 bridgehead atoms. The Kier molecular flexibility index (Phi) is 7.10. The number of rotatable bonds is 7. The van der Waals surface area contributed by atoms with Gasteiger partial charge in [0.25, 0.3) is 0 Å². The van der Waals surface area contributed by atoms with Gasteiger partial charge in [0.1, 0.15) is 6.61 Å². The Morgan fingerprint density at radius 3 is 2.63 bits per heavy atom. The van der Waals surface area contributed by atoms with E-state index in [1.54, 1.807) is 0 Å². The Hall–Kier alpha value is -0.330. The van der Waals surface area contributed by atoms with Crippen molar-refractivity contribution in [3.05, 3.63) is 0 Å². The summed E-state index contributed by atoms with van der Waals surface area (Å²) in [5.41, 5.74) is 0. The van der Waals surface area contributed by atoms with Gasteiger partial charge in [-0.1, -0.05) is 20.3 Å². The summed E-state index contributed by atoms with van der Waals surface area (Å²) >= 11 is 0. The predicted octanol–water partition coefficient (Wildman–Crippen LogP) is 2.42. The fourth-order valence-corrected chi connectivity index (χ4v) is 2.46. The summed E-state index contributed by atoms with van der Waals surface area (Å²) in [6.07, 6.45) is -1.03. The molecule has 0 aromatic rings. The van der Waals surface area contributed by atoms with Crippen molar-refractivity contribution in [2.45, 2.75) is 51.4 Å². The van der Waals surface area contributed by atoms with Gasteiger partial charge >= 0.3 is 6.18 Å². The minimum atomic E-state index is -4.22. The van der Waals surface area contributed by atoms with Crippen LogP contribution in [0.4, 0.5) is 13.2 Å². The first kappa shape index (κ1) is 16.7. The van der Waals surface area contributed by atoms with Gasteiger partial charge in [-0.2, -0.15) is 13.2 Å². The summed E-state index contributed by atoms with van der Waals surface area (Å²) in [7, 11) is 0. The van der Waals surface area contributed by atoms with Crippen molar-refractivity contribution in [3.63, 3.8) is 0 Å². The molecule has 3 nitrogen and oxygen atoms in total. The minimum Gasteiger partial charge on any atom is -0.371 e. The quantitative estimate of drug-likeness (QED) is 0.726. The van der Waals surface area contributed by atoms with Gasteiger partial charge < -0.3 is 10.1 Å². The second-order valence-electron chi connectivity index (χ2n) is 5.12. The summed E-state index contributed by atoms with van der Waals surface area (Å²) in [6, 6.07) is 0.859. The van der Waals surface area contributed by atoms with E-state index in [1.807, 2.05) is 0 Å². The summed E-state index contributed by atoms with van der Waals surface area (Å²) in [4.78, 5) is 2.27. The van der Waals surface area contributed by atoms with Gasteiger partial charge in [-0.15, -0.1) is 0 Å². The molecule has 19 heavy (non-hydrogen) atoms. The third-order valence-electron chi connectivity index (χ3n) is 3.52. The topological polar surface area (TPSA) is 24.5 Å². The van der Waals surface area contributed by atoms with E-state index in [9.17, 15) is 13.2 Å². The average molecular weight is 282 g/mol. The first-order valence-electron chi connectivity index (χ1n) is 7.08. The smallest absolute Gasteiger partial charge is 0.371 e. The molecule has 6 heteroatoms. The standard InChI is InChI=1S/C13H25F3N2O/c1-3-5-12-8-17-11(4-2)9-18(12)6-7-19-10-13(14,15)16/h11-12,17H,3-10H2,1-2H3. The average Bonchev–Trinajstić information content (AvgIpc) is 2.35. The zero-order chi connectivity index (χ0) is 14.3. The fraction of sp³-hybridized carbons (Fsp3) is 1.00. The third-order valence-corrected chi connectivity index (χ3v) is 3.52. The van der Waals surface area contributed by atoms with E-state index in [-0.39, 0.29) is 6.61 Å². The molecule has 2 unspecified atom stereocenters. The van der Waals surface area contributed by atoms with Crippen molar-refractivity contribution in [1.82, 2.24) is 10.2 Å². The van der Waals surface area contributed by atoms with E-state index in [4.69, 9.17) is 4.74 Å². The number of hydrogen-bond acceptors (Lipinski definition) is 3. The van der Waals surface area contributed by atoms with Crippen LogP contribution in [0.3, 0.4) is 0 Å². The number of nitrogens with zero attached hydrogens (tertiary/aromatic N) is 1. The highest BCUT2D eigenvalue weighted by molar-refractivity contribution is 4.85. The Labute approximate surface area is 113 Å². The minimum absolute atomic E-state index is 0.149. The number of nitrogens with one attached hydrogen (secondary N) is 1. The van der Waals surface area contributed by atoms with Crippen molar-refractivity contribution >= 4 is 0 Å². The van der Waals surface area contributed by atoms with Crippen molar-refractivity contribution < 1.29 is 17.9 Å². The Morgan fingerprint density at radius 1 is 1.32 bits per heavy atom. The second kappa shape index (κ2) is 8.07. The molecule has 0 amide bonds. The van der Waals surface area contributed by atoms with Gasteiger partial charge in [0.05, 0.1) is 6.61 Å². The van der Waals surface area contributed by atoms with Crippen LogP contribution in [0.1, 0.15) is 33.1 Å². The largest absolute Gasteiger partial charge is 0.411 e. The molecule has 1 rings (SSSR count). The highest BCUT2D eigenvalue weighted by Gasteiger charge is 2.29. The molecule has 1 heterocycles. The van der Waals surface area contributed by atoms with Gasteiger partial charge in [0, 0.05) is 31.7 Å². The number of halogens is 3. The van der Waals surface area contributed by atoms with Crippen molar-refractivity contribution in [2.24, 2.45) is 0 Å². The van der Waals surface area contributed by atoms with Gasteiger partial charge in [-0.3, -0.25) is 4.90 Å². The second-order valence-corrected chi connectivity index (χ2v) is 5.12. The van der Waals surface area contributed by atoms with E-state index in [0.717, 1.165) is 32.4 Å². The van der Waals surface area contributed by atoms with Crippen LogP contribution in [0.2, 0.25) is 0 Å². The van der Waals surface area contributed by atoms with Crippen LogP contribution in [0, 0.1) is 0 Å². The number of ether oxygens (including phenoxy) is 1. The Morgan fingerprint density at radius 2 is 2.05 bits per heavy atom. The van der Waals surface area contributed by atoms with Gasteiger partial charge in [-0.05, 0) is 12.8 Å². The zero-order valence-electron chi connectivity index (χ0n) is 11.8. The maximum absolute atomic E-state index is 12.0. The van der Waals surface area contributed by atoms with Crippen LogP contribution in [0.15, 0.2) is 0 Å². The van der Waals surface area contributed by atoms with Crippen LogP contribution in [0.25, 0.3) is 0 Å². The number of alkyl halides is 3. The van der Waals surface area contributed by atoms with Gasteiger partial charge in [0.2, 0.25) is 0 Å². The van der Waals surface area contributed by atoms with Crippen LogP contribution in [0.5, 0.6) is 0 Å². The molecule has 1 saturated heterocycles. The molecule has 0 aromatic heterocycles. The molecular weight excluding hydrogens is 257 g/mol. The van der Waals surface area contributed by atoms with Crippen molar-refractivity contribution in [3.8, 4) is 0 Å². The molecule has 0 aromatic carbocycles. The van der Waals surface area contributed by atoms with Crippen molar-refractivity contribution in [2.75, 3.05) is 32.8 Å². The summed E-state index contributed by atoms with van der Waals surface area (Å²) in [5, 5.41) is 3.49. The molecule has 1 N–H and O–H groups in total. The van der Waals surface area contributed by atoms with Crippen molar-refractivity contribution in [1.29, 1.82) is 0 Å². The lowest BCUT2D eigenvalue weighted by atomic mass is 10.0. The highest BCUT2D eigenvalue weighted by Crippen LogP contribution is 2.16. The summed E-state index contributed by atoms with van der Waals surface area (Å²) in [6.45, 7) is 5.66. The number of hydrogen-bond donors (Lipinski definition) is 1. The third kappa shape index (κ3) is 6.58. The molecule has 1 aliphatic rings. The van der Waals surface area contributed by atoms with E-state index in [1.165, 1.54) is 0 Å². The van der Waals surface area contributed by atoms with Crippen LogP contribution < -0.4 is 5.32 Å². The van der Waals surface area contributed by atoms with E-state index < -0.39 is 12.8 Å². The molecular formula is C13H25F3N2O. The van der Waals surface area contributed by atoms with E-state index >= 15 is 0 Å². The summed E-state index contributed by atoms with van der Waals surface area (Å²) in [5.74, 6) is 0. The molecule has 0 spiro atoms. The van der Waals surface area contributed by atoms with Gasteiger partial charge in [0.15, 0.2) is 0 Å². The number of piperazine rings is 1. The van der Waals surface area contributed by atoms with Crippen LogP contribution >= 0.6 is 0 Å². The normalized spacial score (nSPS) is 25.7. The summed E-state index contributed by atoms with van der Waals surface area (Å²) < 4.78 is 40.7. The SMILES string of the molecule is CCCC1CNC(CC)CN1CCOCC(F)(F)F. The Bertz CT molecular complexity index is 249. The lowest BCUT2D eigenvalue weighted by molar-refractivity contribution is -0.175. The van der Waals surface area contributed by atoms with Crippen LogP contribution in [-0.4, -0.2) is 56.0 Å². The Balaban J connectivity index is 2.33. The van der Waals surface area contributed by atoms with E-state index in [0.29, 0.717) is 18.6 Å². The monoisotopic (exact) mass is 282 g/mol. The zero-order valence-corrected chi connectivity index (χ0v) is 11.8. The maximum Gasteiger partial charge on any atom is 0.411 e. The maximum atomic E-state index is 12.0. The van der Waals surface area contributed by atoms with Gasteiger partial charge in [-0.25, -0.2) is 0 Å². The molecule has 0 radical (unpaired) electrons. The predicted molar refractivity (Wildman–Crippen MR) is 69.2 cm³/mol. The molecule has 0 aliphatic carbocycles. The molecule has 114 valence electrons. The van der Waals surface area contributed by atoms with Crippen LogP contribution in [-0.2, 0) is 4.74 Å². The fourth-order valence-electron chi connectivity index (χ4n) is 2.46. The highest BCUT2D eigenvalue weighted by atomic mass is 19.4. The molecule has 1 fully saturated rings. The lowest BCUT2D eigenvalue weighted by Gasteiger charge is -2.40. The molecule has 2 atom stereocenters. The van der Waals surface area contributed by atoms with E-state index in [2.05, 4.69) is 24.1 Å². The molecule has 0 saturated carbocycles. The first-order valence-corrected chi connectivity index (χ1v) is 7.08. The lowest BCUT2D eigenvalue weighted by Crippen LogP contribution is -2.56.